The van der Waals surface area contributed by atoms with Gasteiger partial charge < -0.3 is 14.8 Å². The van der Waals surface area contributed by atoms with Crippen LogP contribution in [-0.2, 0) is 14.3 Å². The fourth-order valence-corrected chi connectivity index (χ4v) is 0.918. The molecule has 0 radical (unpaired) electrons. The van der Waals surface area contributed by atoms with Gasteiger partial charge in [0.25, 0.3) is 0 Å². The fourth-order valence-electron chi connectivity index (χ4n) is 0.918. The number of hydrogen-bond donors (Lipinski definition) is 1. The number of carbonyl (C=O) groups is 2. The molecule has 5 nitrogen and oxygen atoms in total. The quantitative estimate of drug-likeness (QED) is 0.748. The molecule has 1 atom stereocenters. The molecule has 0 saturated carbocycles. The zero-order valence-electron chi connectivity index (χ0n) is 10.6. The first-order valence-electron chi connectivity index (χ1n) is 5.39. The second-order valence-electron chi connectivity index (χ2n) is 4.54. The first-order chi connectivity index (χ1) is 7.26. The third-order valence-corrected chi connectivity index (χ3v) is 1.64. The van der Waals surface area contributed by atoms with Gasteiger partial charge in [-0.05, 0) is 27.7 Å². The molecule has 0 aromatic carbocycles. The molecule has 5 heteroatoms. The van der Waals surface area contributed by atoms with Crippen LogP contribution in [0.15, 0.2) is 0 Å². The van der Waals surface area contributed by atoms with Gasteiger partial charge in [0, 0.05) is 6.54 Å². The number of hydrogen-bond acceptors (Lipinski definition) is 4. The van der Waals surface area contributed by atoms with E-state index in [0.29, 0.717) is 6.61 Å². The summed E-state index contributed by atoms with van der Waals surface area (Å²) < 4.78 is 9.83. The highest BCUT2D eigenvalue weighted by Gasteiger charge is 2.19. The van der Waals surface area contributed by atoms with Crippen molar-refractivity contribution < 1.29 is 19.1 Å². The molecule has 0 aliphatic rings. The first kappa shape index (κ1) is 14.7. The Morgan fingerprint density at radius 1 is 1.31 bits per heavy atom. The van der Waals surface area contributed by atoms with Gasteiger partial charge in [0.05, 0.1) is 12.5 Å². The predicted octanol–water partition coefficient (Wildman–Crippen LogP) is 1.71. The maximum Gasteiger partial charge on any atom is 0.407 e. The van der Waals surface area contributed by atoms with Crippen molar-refractivity contribution in [2.24, 2.45) is 5.92 Å². The van der Waals surface area contributed by atoms with E-state index in [4.69, 9.17) is 9.47 Å². The predicted molar refractivity (Wildman–Crippen MR) is 60.0 cm³/mol. The normalized spacial score (nSPS) is 12.8. The lowest BCUT2D eigenvalue weighted by molar-refractivity contribution is -0.147. The van der Waals surface area contributed by atoms with Crippen LogP contribution < -0.4 is 5.32 Å². The molecule has 0 rings (SSSR count). The summed E-state index contributed by atoms with van der Waals surface area (Å²) in [5, 5.41) is 2.52. The summed E-state index contributed by atoms with van der Waals surface area (Å²) in [7, 11) is 0. The molecule has 0 spiro atoms. The smallest absolute Gasteiger partial charge is 0.407 e. The van der Waals surface area contributed by atoms with E-state index in [0.717, 1.165) is 0 Å². The highest BCUT2D eigenvalue weighted by molar-refractivity contribution is 5.74. The Labute approximate surface area is 96.5 Å². The van der Waals surface area contributed by atoms with Gasteiger partial charge in [0.15, 0.2) is 0 Å². The van der Waals surface area contributed by atoms with Crippen molar-refractivity contribution in [3.63, 3.8) is 0 Å². The highest BCUT2D eigenvalue weighted by atomic mass is 16.6. The first-order valence-corrected chi connectivity index (χ1v) is 5.39. The Bertz CT molecular complexity index is 245. The maximum atomic E-state index is 11.3. The second kappa shape index (κ2) is 6.35. The molecule has 0 fully saturated rings. The van der Waals surface area contributed by atoms with Gasteiger partial charge in [-0.3, -0.25) is 4.79 Å². The maximum absolute atomic E-state index is 11.3. The summed E-state index contributed by atoms with van der Waals surface area (Å²) in [6, 6.07) is 0. The van der Waals surface area contributed by atoms with Crippen LogP contribution in [-0.4, -0.2) is 30.8 Å². The minimum atomic E-state index is -0.531. The molecule has 0 bridgehead atoms. The van der Waals surface area contributed by atoms with E-state index < -0.39 is 11.7 Å². The van der Waals surface area contributed by atoms with Crippen LogP contribution in [0.25, 0.3) is 0 Å². The van der Waals surface area contributed by atoms with Crippen LogP contribution >= 0.6 is 0 Å². The second-order valence-corrected chi connectivity index (χ2v) is 4.54. The van der Waals surface area contributed by atoms with Gasteiger partial charge in [0.1, 0.15) is 5.60 Å². The number of ether oxygens (including phenoxy) is 2. The molecule has 1 N–H and O–H groups in total. The summed E-state index contributed by atoms with van der Waals surface area (Å²) in [5.41, 5.74) is -0.531. The molecule has 0 unspecified atom stereocenters. The molecule has 0 aliphatic carbocycles. The van der Waals surface area contributed by atoms with Gasteiger partial charge in [-0.25, -0.2) is 4.79 Å². The van der Waals surface area contributed by atoms with Crippen molar-refractivity contribution in [2.45, 2.75) is 40.2 Å². The van der Waals surface area contributed by atoms with Crippen LogP contribution in [0.1, 0.15) is 34.6 Å². The van der Waals surface area contributed by atoms with E-state index in [9.17, 15) is 9.59 Å². The third-order valence-electron chi connectivity index (χ3n) is 1.64. The lowest BCUT2D eigenvalue weighted by Crippen LogP contribution is -2.36. The molecule has 0 saturated heterocycles. The van der Waals surface area contributed by atoms with Crippen LogP contribution in [0.2, 0.25) is 0 Å². The largest absolute Gasteiger partial charge is 0.466 e. The molecule has 0 heterocycles. The van der Waals surface area contributed by atoms with Crippen molar-refractivity contribution in [1.82, 2.24) is 5.32 Å². The molecule has 1 amide bonds. The van der Waals surface area contributed by atoms with Gasteiger partial charge >= 0.3 is 12.1 Å². The van der Waals surface area contributed by atoms with Crippen LogP contribution in [0.5, 0.6) is 0 Å². The Hall–Kier alpha value is -1.26. The zero-order valence-corrected chi connectivity index (χ0v) is 10.6. The van der Waals surface area contributed by atoms with Crippen molar-refractivity contribution in [3.05, 3.63) is 0 Å². The van der Waals surface area contributed by atoms with Crippen LogP contribution in [0.3, 0.4) is 0 Å². The molecular weight excluding hydrogens is 210 g/mol. The zero-order chi connectivity index (χ0) is 12.8. The minimum absolute atomic E-state index is 0.216. The van der Waals surface area contributed by atoms with Crippen molar-refractivity contribution in [1.29, 1.82) is 0 Å². The number of alkyl carbamates (subject to hydrolysis) is 1. The Balaban J connectivity index is 3.88. The van der Waals surface area contributed by atoms with Crippen molar-refractivity contribution >= 4 is 12.1 Å². The third kappa shape index (κ3) is 7.09. The van der Waals surface area contributed by atoms with E-state index in [1.54, 1.807) is 34.6 Å². The summed E-state index contributed by atoms with van der Waals surface area (Å²) >= 11 is 0. The number of esters is 1. The number of rotatable bonds is 4. The summed E-state index contributed by atoms with van der Waals surface area (Å²) in [6.45, 7) is 9.33. The average Bonchev–Trinajstić information content (AvgIpc) is 2.11. The van der Waals surface area contributed by atoms with E-state index >= 15 is 0 Å². The van der Waals surface area contributed by atoms with Gasteiger partial charge in [0.2, 0.25) is 0 Å². The average molecular weight is 231 g/mol. The molecule has 94 valence electrons. The molecule has 0 aromatic heterocycles. The van der Waals surface area contributed by atoms with E-state index in [1.807, 2.05) is 0 Å². The number of nitrogens with one attached hydrogen (secondary N) is 1. The van der Waals surface area contributed by atoms with Gasteiger partial charge in [-0.1, -0.05) is 6.92 Å². The Morgan fingerprint density at radius 2 is 1.88 bits per heavy atom. The van der Waals surface area contributed by atoms with Crippen LogP contribution in [0.4, 0.5) is 4.79 Å². The standard InChI is InChI=1S/C11H21NO4/c1-6-15-9(13)8(2)7-12-10(14)16-11(3,4)5/h8H,6-7H2,1-5H3,(H,12,14)/t8-/m0/s1. The molecule has 0 aliphatic heterocycles. The highest BCUT2D eigenvalue weighted by Crippen LogP contribution is 2.06. The van der Waals surface area contributed by atoms with E-state index in [1.165, 1.54) is 0 Å². The number of amides is 1. The molecular formula is C11H21NO4. The monoisotopic (exact) mass is 231 g/mol. The SMILES string of the molecule is CCOC(=O)[C@@H](C)CNC(=O)OC(C)(C)C. The summed E-state index contributed by atoms with van der Waals surface area (Å²) in [4.78, 5) is 22.5. The molecule has 16 heavy (non-hydrogen) atoms. The summed E-state index contributed by atoms with van der Waals surface area (Å²) in [5.74, 6) is -0.689. The molecule has 0 aromatic rings. The topological polar surface area (TPSA) is 64.6 Å². The van der Waals surface area contributed by atoms with Crippen LogP contribution in [0, 0.1) is 5.92 Å². The minimum Gasteiger partial charge on any atom is -0.466 e. The fraction of sp³-hybridized carbons (Fsp3) is 0.818. The van der Waals surface area contributed by atoms with Crippen molar-refractivity contribution in [2.75, 3.05) is 13.2 Å². The van der Waals surface area contributed by atoms with Gasteiger partial charge in [-0.2, -0.15) is 0 Å². The Morgan fingerprint density at radius 3 is 2.31 bits per heavy atom. The Kier molecular flexibility index (Phi) is 5.85. The van der Waals surface area contributed by atoms with E-state index in [2.05, 4.69) is 5.32 Å². The van der Waals surface area contributed by atoms with Crippen molar-refractivity contribution in [3.8, 4) is 0 Å². The number of carbonyl (C=O) groups excluding carboxylic acids is 2. The van der Waals surface area contributed by atoms with E-state index in [-0.39, 0.29) is 18.4 Å². The lowest BCUT2D eigenvalue weighted by atomic mass is 10.2. The van der Waals surface area contributed by atoms with Gasteiger partial charge in [-0.15, -0.1) is 0 Å². The summed E-state index contributed by atoms with van der Waals surface area (Å²) in [6.07, 6.45) is -0.524. The lowest BCUT2D eigenvalue weighted by Gasteiger charge is -2.20.